The lowest BCUT2D eigenvalue weighted by molar-refractivity contribution is -0.137. The average Bonchev–Trinajstić information content (AvgIpc) is 3.35. The molecule has 0 spiro atoms. The van der Waals surface area contributed by atoms with Crippen LogP contribution in [0.5, 0.6) is 0 Å². The number of aryl methyl sites for hydroxylation is 1. The number of aromatic amines is 1. The van der Waals surface area contributed by atoms with Gasteiger partial charge in [0, 0.05) is 46.5 Å². The molecule has 36 heavy (non-hydrogen) atoms. The molecule has 0 aliphatic rings. The van der Waals surface area contributed by atoms with Gasteiger partial charge in [0.05, 0.1) is 16.9 Å². The second-order valence-corrected chi connectivity index (χ2v) is 8.22. The number of pyridine rings is 2. The quantitative estimate of drug-likeness (QED) is 0.251. The van der Waals surface area contributed by atoms with E-state index in [1.54, 1.807) is 36.8 Å². The van der Waals surface area contributed by atoms with Crippen molar-refractivity contribution in [1.29, 1.82) is 0 Å². The van der Waals surface area contributed by atoms with E-state index in [-0.39, 0.29) is 5.69 Å². The summed E-state index contributed by atoms with van der Waals surface area (Å²) < 4.78 is 39.1. The van der Waals surface area contributed by atoms with Crippen LogP contribution in [-0.2, 0) is 6.18 Å². The second-order valence-electron chi connectivity index (χ2n) is 8.22. The van der Waals surface area contributed by atoms with Crippen LogP contribution >= 0.6 is 0 Å². The number of halogens is 3. The van der Waals surface area contributed by atoms with E-state index < -0.39 is 17.6 Å². The number of nitrogens with zero attached hydrogens (tertiary/aromatic N) is 2. The smallest absolute Gasteiger partial charge is 0.355 e. The van der Waals surface area contributed by atoms with Crippen LogP contribution in [0.3, 0.4) is 0 Å². The zero-order valence-electron chi connectivity index (χ0n) is 19.0. The van der Waals surface area contributed by atoms with Crippen LogP contribution in [0.4, 0.5) is 30.2 Å². The number of hydrogen-bond donors (Lipinski definition) is 3. The van der Waals surface area contributed by atoms with Gasteiger partial charge in [-0.3, -0.25) is 9.78 Å². The van der Waals surface area contributed by atoms with Gasteiger partial charge in [-0.25, -0.2) is 4.98 Å². The molecule has 6 nitrogen and oxygen atoms in total. The first-order valence-corrected chi connectivity index (χ1v) is 11.0. The molecular weight excluding hydrogens is 467 g/mol. The van der Waals surface area contributed by atoms with Crippen molar-refractivity contribution in [2.75, 3.05) is 10.6 Å². The maximum absolute atomic E-state index is 13.0. The van der Waals surface area contributed by atoms with Crippen molar-refractivity contribution in [1.82, 2.24) is 15.0 Å². The van der Waals surface area contributed by atoms with E-state index in [1.807, 2.05) is 31.2 Å². The third-order valence-electron chi connectivity index (χ3n) is 5.70. The number of nitrogens with one attached hydrogen (secondary N) is 3. The predicted octanol–water partition coefficient (Wildman–Crippen LogP) is 6.95. The Kier molecular flexibility index (Phi) is 5.89. The van der Waals surface area contributed by atoms with Gasteiger partial charge < -0.3 is 15.6 Å². The fraction of sp³-hybridized carbons (Fsp3) is 0.0741. The van der Waals surface area contributed by atoms with Crippen LogP contribution in [0.25, 0.3) is 22.3 Å². The highest BCUT2D eigenvalue weighted by molar-refractivity contribution is 6.05. The van der Waals surface area contributed by atoms with Gasteiger partial charge in [-0.2, -0.15) is 13.2 Å². The number of rotatable bonds is 5. The lowest BCUT2D eigenvalue weighted by atomic mass is 10.1. The molecule has 0 saturated carbocycles. The van der Waals surface area contributed by atoms with Gasteiger partial charge >= 0.3 is 6.18 Å². The Labute approximate surface area is 204 Å². The van der Waals surface area contributed by atoms with E-state index in [9.17, 15) is 18.0 Å². The lowest BCUT2D eigenvalue weighted by Crippen LogP contribution is -2.13. The van der Waals surface area contributed by atoms with Crippen LogP contribution in [0, 0.1) is 6.92 Å². The van der Waals surface area contributed by atoms with E-state index in [2.05, 4.69) is 25.6 Å². The summed E-state index contributed by atoms with van der Waals surface area (Å²) in [6.45, 7) is 1.90. The number of aromatic nitrogens is 3. The van der Waals surface area contributed by atoms with Crippen LogP contribution in [-0.4, -0.2) is 20.9 Å². The Morgan fingerprint density at radius 3 is 2.61 bits per heavy atom. The maximum Gasteiger partial charge on any atom is 0.416 e. The minimum absolute atomic E-state index is 0.0641. The van der Waals surface area contributed by atoms with Crippen molar-refractivity contribution in [3.63, 3.8) is 0 Å². The first kappa shape index (κ1) is 23.1. The number of anilines is 3. The zero-order valence-corrected chi connectivity index (χ0v) is 19.0. The lowest BCUT2D eigenvalue weighted by Gasteiger charge is -2.14. The zero-order chi connectivity index (χ0) is 25.3. The maximum atomic E-state index is 13.0. The molecule has 9 heteroatoms. The van der Waals surface area contributed by atoms with Crippen molar-refractivity contribution in [2.24, 2.45) is 0 Å². The van der Waals surface area contributed by atoms with Crippen molar-refractivity contribution >= 4 is 34.0 Å². The summed E-state index contributed by atoms with van der Waals surface area (Å²) in [5.41, 5.74) is 4.13. The van der Waals surface area contributed by atoms with Gasteiger partial charge in [0.25, 0.3) is 5.91 Å². The molecule has 0 radical (unpaired) electrons. The summed E-state index contributed by atoms with van der Waals surface area (Å²) in [6.07, 6.45) is 0.714. The van der Waals surface area contributed by atoms with Crippen LogP contribution in [0.15, 0.2) is 85.3 Å². The van der Waals surface area contributed by atoms with E-state index in [0.29, 0.717) is 16.9 Å². The highest BCUT2D eigenvalue weighted by Gasteiger charge is 2.30. The van der Waals surface area contributed by atoms with Gasteiger partial charge in [0.1, 0.15) is 5.65 Å². The summed E-state index contributed by atoms with van der Waals surface area (Å²) in [4.78, 5) is 24.8. The summed E-state index contributed by atoms with van der Waals surface area (Å²) in [5, 5.41) is 6.80. The molecule has 0 saturated heterocycles. The van der Waals surface area contributed by atoms with E-state index in [0.717, 1.165) is 40.0 Å². The van der Waals surface area contributed by atoms with Crippen molar-refractivity contribution in [3.8, 4) is 11.3 Å². The SMILES string of the molecule is Cc1ccc(C(=O)Nc2cccc(C(F)(F)F)c2)cc1Nc1cc(-c2cccnc2)nc2[nH]ccc12. The van der Waals surface area contributed by atoms with Gasteiger partial charge in [0.2, 0.25) is 0 Å². The monoisotopic (exact) mass is 487 g/mol. The number of hydrogen-bond acceptors (Lipinski definition) is 4. The Morgan fingerprint density at radius 2 is 1.83 bits per heavy atom. The minimum atomic E-state index is -4.50. The Balaban J connectivity index is 1.45. The fourth-order valence-electron chi connectivity index (χ4n) is 3.82. The molecule has 0 unspecified atom stereocenters. The summed E-state index contributed by atoms with van der Waals surface area (Å²) >= 11 is 0. The molecule has 2 aromatic carbocycles. The number of fused-ring (bicyclic) bond motifs is 1. The standard InChI is InChI=1S/C27H20F3N5O/c1-16-7-8-17(26(36)33-20-6-2-5-19(13-20)27(28,29)30)12-22(16)34-24-14-23(18-4-3-10-31-15-18)35-25-21(24)9-11-32-25/h2-15H,1H3,(H,33,36)(H2,32,34,35). The Morgan fingerprint density at radius 1 is 0.972 bits per heavy atom. The normalized spacial score (nSPS) is 11.4. The highest BCUT2D eigenvalue weighted by atomic mass is 19.4. The number of benzene rings is 2. The van der Waals surface area contributed by atoms with Crippen molar-refractivity contribution < 1.29 is 18.0 Å². The molecule has 3 heterocycles. The molecule has 5 aromatic rings. The average molecular weight is 487 g/mol. The van der Waals surface area contributed by atoms with Crippen molar-refractivity contribution in [3.05, 3.63) is 102 Å². The van der Waals surface area contributed by atoms with Crippen molar-refractivity contribution in [2.45, 2.75) is 13.1 Å². The molecule has 3 N–H and O–H groups in total. The molecule has 0 aliphatic carbocycles. The third-order valence-corrected chi connectivity index (χ3v) is 5.70. The fourth-order valence-corrected chi connectivity index (χ4v) is 3.82. The van der Waals surface area contributed by atoms with Crippen LogP contribution in [0.1, 0.15) is 21.5 Å². The van der Waals surface area contributed by atoms with E-state index >= 15 is 0 Å². The second kappa shape index (κ2) is 9.18. The third kappa shape index (κ3) is 4.76. The minimum Gasteiger partial charge on any atom is -0.355 e. The Hall–Kier alpha value is -4.66. The Bertz CT molecular complexity index is 1560. The number of alkyl halides is 3. The van der Waals surface area contributed by atoms with E-state index in [1.165, 1.54) is 12.1 Å². The predicted molar refractivity (Wildman–Crippen MR) is 133 cm³/mol. The summed E-state index contributed by atoms with van der Waals surface area (Å²) in [6, 6.07) is 17.2. The summed E-state index contributed by atoms with van der Waals surface area (Å²) in [7, 11) is 0. The number of carbonyl (C=O) groups is 1. The first-order chi connectivity index (χ1) is 17.3. The largest absolute Gasteiger partial charge is 0.416 e. The molecule has 0 fully saturated rings. The van der Waals surface area contributed by atoms with E-state index in [4.69, 9.17) is 0 Å². The molecule has 1 amide bonds. The molecule has 0 bridgehead atoms. The summed E-state index contributed by atoms with van der Waals surface area (Å²) in [5.74, 6) is -0.519. The number of amides is 1. The number of carbonyl (C=O) groups excluding carboxylic acids is 1. The number of H-pyrrole nitrogens is 1. The molecule has 5 rings (SSSR count). The first-order valence-electron chi connectivity index (χ1n) is 11.0. The van der Waals surface area contributed by atoms with Gasteiger partial charge in [-0.1, -0.05) is 12.1 Å². The topological polar surface area (TPSA) is 82.7 Å². The van der Waals surface area contributed by atoms with Crippen LogP contribution in [0.2, 0.25) is 0 Å². The molecule has 0 aliphatic heterocycles. The van der Waals surface area contributed by atoms with Gasteiger partial charge in [0.15, 0.2) is 0 Å². The molecule has 180 valence electrons. The molecule has 3 aromatic heterocycles. The molecule has 0 atom stereocenters. The van der Waals surface area contributed by atoms with Crippen LogP contribution < -0.4 is 10.6 Å². The highest BCUT2D eigenvalue weighted by Crippen LogP contribution is 2.32. The van der Waals surface area contributed by atoms with Gasteiger partial charge in [-0.15, -0.1) is 0 Å². The van der Waals surface area contributed by atoms with Gasteiger partial charge in [-0.05, 0) is 67.1 Å². The molecular formula is C27H20F3N5O.